The highest BCUT2D eigenvalue weighted by Crippen LogP contribution is 2.60. The van der Waals surface area contributed by atoms with E-state index in [1.165, 1.54) is 25.7 Å². The van der Waals surface area contributed by atoms with Gasteiger partial charge in [-0.25, -0.2) is 5.01 Å². The zero-order valence-electron chi connectivity index (χ0n) is 16.4. The maximum atomic E-state index is 13.3. The summed E-state index contributed by atoms with van der Waals surface area (Å²) < 4.78 is 0. The number of hydrogen-bond donors (Lipinski definition) is 2. The monoisotopic (exact) mass is 361 g/mol. The second-order valence-electron chi connectivity index (χ2n) is 9.92. The Bertz CT molecular complexity index is 518. The van der Waals surface area contributed by atoms with Crippen molar-refractivity contribution in [2.24, 2.45) is 29.1 Å². The molecule has 0 radical (unpaired) electrons. The highest BCUT2D eigenvalue weighted by molar-refractivity contribution is 5.90. The number of carbonyl (C=O) groups is 2. The molecule has 5 heteroatoms. The molecule has 5 fully saturated rings. The Hall–Kier alpha value is -1.10. The minimum absolute atomic E-state index is 0.0417. The van der Waals surface area contributed by atoms with Crippen LogP contribution >= 0.6 is 0 Å². The second-order valence-corrected chi connectivity index (χ2v) is 9.92. The number of rotatable bonds is 5. The number of hydrogen-bond acceptors (Lipinski definition) is 3. The molecule has 1 heterocycles. The first kappa shape index (κ1) is 18.3. The molecular formula is C21H35N3O2. The van der Waals surface area contributed by atoms with Gasteiger partial charge in [-0.05, 0) is 75.0 Å². The van der Waals surface area contributed by atoms with Gasteiger partial charge in [0.2, 0.25) is 5.91 Å². The Kier molecular flexibility index (Phi) is 5.02. The minimum atomic E-state index is -0.433. The van der Waals surface area contributed by atoms with Crippen LogP contribution in [-0.4, -0.2) is 36.0 Å². The summed E-state index contributed by atoms with van der Waals surface area (Å²) in [6, 6.07) is -0.433. The van der Waals surface area contributed by atoms with Crippen molar-refractivity contribution >= 4 is 11.8 Å². The highest BCUT2D eigenvalue weighted by Gasteiger charge is 2.55. The minimum Gasteiger partial charge on any atom is -0.344 e. The van der Waals surface area contributed by atoms with Gasteiger partial charge in [0, 0.05) is 18.5 Å². The normalized spacial score (nSPS) is 37.6. The summed E-state index contributed by atoms with van der Waals surface area (Å²) in [6.07, 6.45) is 10.6. The van der Waals surface area contributed by atoms with E-state index in [1.54, 1.807) is 0 Å². The number of amides is 2. The summed E-state index contributed by atoms with van der Waals surface area (Å²) in [6.45, 7) is 5.89. The molecule has 0 aromatic heterocycles. The summed E-state index contributed by atoms with van der Waals surface area (Å²) in [5.41, 5.74) is 2.87. The third-order valence-corrected chi connectivity index (χ3v) is 7.38. The predicted molar refractivity (Wildman–Crippen MR) is 101 cm³/mol. The second kappa shape index (κ2) is 7.14. The van der Waals surface area contributed by atoms with E-state index < -0.39 is 6.04 Å². The van der Waals surface area contributed by atoms with Crippen molar-refractivity contribution < 1.29 is 9.59 Å². The van der Waals surface area contributed by atoms with Crippen molar-refractivity contribution in [3.63, 3.8) is 0 Å². The van der Waals surface area contributed by atoms with Gasteiger partial charge in [0.25, 0.3) is 5.91 Å². The standard InChI is InChI=1S/C21H35N3O2/c1-14(2)18(19(25)23-24-6-4-3-5-7-24)22-20(26)21-11-15-8-16(12-21)10-17(9-15)13-21/h14-18H,3-13H2,1-2H3,(H,22,26)(H,23,25)/t15?,16?,17?,18-,21?/m1/s1. The molecule has 4 bridgehead atoms. The zero-order chi connectivity index (χ0) is 18.3. The van der Waals surface area contributed by atoms with Crippen molar-refractivity contribution in [1.82, 2.24) is 15.8 Å². The lowest BCUT2D eigenvalue weighted by Gasteiger charge is -2.55. The van der Waals surface area contributed by atoms with Gasteiger partial charge in [-0.1, -0.05) is 20.3 Å². The highest BCUT2D eigenvalue weighted by atomic mass is 16.2. The van der Waals surface area contributed by atoms with Crippen molar-refractivity contribution in [2.75, 3.05) is 13.1 Å². The fourth-order valence-corrected chi connectivity index (χ4v) is 6.45. The van der Waals surface area contributed by atoms with Gasteiger partial charge in [0.1, 0.15) is 6.04 Å². The van der Waals surface area contributed by atoms with Crippen LogP contribution in [0, 0.1) is 29.1 Å². The van der Waals surface area contributed by atoms with E-state index in [0.29, 0.717) is 0 Å². The maximum Gasteiger partial charge on any atom is 0.257 e. The Morgan fingerprint density at radius 1 is 0.923 bits per heavy atom. The zero-order valence-corrected chi connectivity index (χ0v) is 16.4. The van der Waals surface area contributed by atoms with Crippen LogP contribution in [0.2, 0.25) is 0 Å². The molecule has 0 aromatic carbocycles. The SMILES string of the molecule is CC(C)[C@@H](NC(=O)C12CC3CC(CC(C3)C1)C2)C(=O)NN1CCCCC1. The van der Waals surface area contributed by atoms with Crippen LogP contribution in [0.15, 0.2) is 0 Å². The van der Waals surface area contributed by atoms with Gasteiger partial charge in [0.05, 0.1) is 0 Å². The molecule has 1 saturated heterocycles. The molecule has 2 amide bonds. The van der Waals surface area contributed by atoms with Crippen molar-refractivity contribution in [3.05, 3.63) is 0 Å². The Morgan fingerprint density at radius 2 is 1.46 bits per heavy atom. The van der Waals surface area contributed by atoms with Crippen LogP contribution in [0.25, 0.3) is 0 Å². The van der Waals surface area contributed by atoms with Crippen LogP contribution in [0.3, 0.4) is 0 Å². The van der Waals surface area contributed by atoms with E-state index >= 15 is 0 Å². The lowest BCUT2D eigenvalue weighted by atomic mass is 9.49. The van der Waals surface area contributed by atoms with Crippen LogP contribution < -0.4 is 10.7 Å². The predicted octanol–water partition coefficient (Wildman–Crippen LogP) is 2.86. The Morgan fingerprint density at radius 3 is 1.96 bits per heavy atom. The molecule has 146 valence electrons. The Balaban J connectivity index is 1.41. The Labute approximate surface area is 157 Å². The van der Waals surface area contributed by atoms with E-state index in [2.05, 4.69) is 10.7 Å². The van der Waals surface area contributed by atoms with Crippen LogP contribution in [-0.2, 0) is 9.59 Å². The molecular weight excluding hydrogens is 326 g/mol. The molecule has 26 heavy (non-hydrogen) atoms. The molecule has 2 N–H and O–H groups in total. The largest absolute Gasteiger partial charge is 0.344 e. The fourth-order valence-electron chi connectivity index (χ4n) is 6.45. The molecule has 5 aliphatic rings. The molecule has 0 unspecified atom stereocenters. The molecule has 0 aromatic rings. The number of nitrogens with one attached hydrogen (secondary N) is 2. The van der Waals surface area contributed by atoms with E-state index in [0.717, 1.165) is 62.9 Å². The molecule has 5 rings (SSSR count). The number of hydrazine groups is 1. The number of carbonyl (C=O) groups excluding carboxylic acids is 2. The summed E-state index contributed by atoms with van der Waals surface area (Å²) in [7, 11) is 0. The summed E-state index contributed by atoms with van der Waals surface area (Å²) in [4.78, 5) is 26.2. The maximum absolute atomic E-state index is 13.3. The van der Waals surface area contributed by atoms with Gasteiger partial charge in [-0.3, -0.25) is 15.0 Å². The van der Waals surface area contributed by atoms with E-state index in [4.69, 9.17) is 0 Å². The van der Waals surface area contributed by atoms with E-state index in [-0.39, 0.29) is 23.1 Å². The molecule has 5 nitrogen and oxygen atoms in total. The third-order valence-electron chi connectivity index (χ3n) is 7.38. The van der Waals surface area contributed by atoms with Crippen molar-refractivity contribution in [1.29, 1.82) is 0 Å². The van der Waals surface area contributed by atoms with Crippen LogP contribution in [0.1, 0.15) is 71.6 Å². The first-order valence-corrected chi connectivity index (χ1v) is 10.8. The quantitative estimate of drug-likeness (QED) is 0.791. The lowest BCUT2D eigenvalue weighted by Crippen LogP contribution is -2.60. The fraction of sp³-hybridized carbons (Fsp3) is 0.905. The van der Waals surface area contributed by atoms with Crippen LogP contribution in [0.5, 0.6) is 0 Å². The van der Waals surface area contributed by atoms with Crippen LogP contribution in [0.4, 0.5) is 0 Å². The van der Waals surface area contributed by atoms with Gasteiger partial charge in [-0.2, -0.15) is 0 Å². The summed E-state index contributed by atoms with van der Waals surface area (Å²) in [5.74, 6) is 2.44. The molecule has 4 aliphatic carbocycles. The molecule has 1 atom stereocenters. The smallest absolute Gasteiger partial charge is 0.257 e. The number of piperidine rings is 1. The lowest BCUT2D eigenvalue weighted by molar-refractivity contribution is -0.149. The first-order valence-electron chi connectivity index (χ1n) is 10.8. The first-order chi connectivity index (χ1) is 12.4. The number of nitrogens with zero attached hydrogens (tertiary/aromatic N) is 1. The average molecular weight is 362 g/mol. The van der Waals surface area contributed by atoms with Gasteiger partial charge in [-0.15, -0.1) is 0 Å². The third kappa shape index (κ3) is 3.51. The topological polar surface area (TPSA) is 61.4 Å². The summed E-state index contributed by atoms with van der Waals surface area (Å²) in [5, 5.41) is 5.21. The van der Waals surface area contributed by atoms with Gasteiger partial charge < -0.3 is 5.32 Å². The molecule has 4 saturated carbocycles. The van der Waals surface area contributed by atoms with Gasteiger partial charge in [0.15, 0.2) is 0 Å². The van der Waals surface area contributed by atoms with Gasteiger partial charge >= 0.3 is 0 Å². The summed E-state index contributed by atoms with van der Waals surface area (Å²) >= 11 is 0. The van der Waals surface area contributed by atoms with E-state index in [9.17, 15) is 9.59 Å². The molecule has 0 spiro atoms. The van der Waals surface area contributed by atoms with Crippen molar-refractivity contribution in [3.8, 4) is 0 Å². The van der Waals surface area contributed by atoms with Crippen molar-refractivity contribution in [2.45, 2.75) is 77.7 Å². The van der Waals surface area contributed by atoms with E-state index in [1.807, 2.05) is 18.9 Å². The molecule has 1 aliphatic heterocycles. The average Bonchev–Trinajstić information content (AvgIpc) is 2.58.